The average Bonchev–Trinajstić information content (AvgIpc) is 3.21. The fraction of sp³-hybridized carbons (Fsp3) is 0.250. The molecule has 1 amide bonds. The summed E-state index contributed by atoms with van der Waals surface area (Å²) < 4.78 is 28.1. The lowest BCUT2D eigenvalue weighted by Crippen LogP contribution is -2.36. The number of aromatic nitrogens is 1. The van der Waals surface area contributed by atoms with Gasteiger partial charge in [-0.1, -0.05) is 35.1 Å². The highest BCUT2D eigenvalue weighted by atomic mass is 35.5. The van der Waals surface area contributed by atoms with E-state index in [2.05, 4.69) is 18.1 Å². The van der Waals surface area contributed by atoms with Crippen LogP contribution in [-0.4, -0.2) is 68.8 Å². The first-order valence-electron chi connectivity index (χ1n) is 10.5. The molecule has 2 aromatic carbocycles. The number of carbonyl (C=O) groups excluding carboxylic acids is 1. The molecule has 0 fully saturated rings. The quantitative estimate of drug-likeness (QED) is 0.349. The lowest BCUT2D eigenvalue weighted by Gasteiger charge is -2.22. The molecule has 0 aliphatic rings. The Balaban J connectivity index is 1.93. The predicted molar refractivity (Wildman–Crippen MR) is 140 cm³/mol. The first-order chi connectivity index (χ1) is 16.2. The second-order valence-electron chi connectivity index (χ2n) is 7.79. The minimum atomic E-state index is -3.75. The van der Waals surface area contributed by atoms with Crippen molar-refractivity contribution < 1.29 is 13.2 Å². The molecule has 1 aromatic heterocycles. The number of anilines is 1. The summed E-state index contributed by atoms with van der Waals surface area (Å²) in [5.41, 5.74) is 1.13. The van der Waals surface area contributed by atoms with E-state index in [1.807, 2.05) is 31.1 Å². The van der Waals surface area contributed by atoms with Crippen LogP contribution in [-0.2, 0) is 10.0 Å². The maximum Gasteiger partial charge on any atom is 0.260 e. The predicted octanol–water partition coefficient (Wildman–Crippen LogP) is 4.52. The molecule has 0 unspecified atom stereocenters. The Bertz CT molecular complexity index is 1280. The number of rotatable bonds is 11. The zero-order valence-electron chi connectivity index (χ0n) is 19.1. The number of likely N-dealkylation sites (N-methyl/N-ethyl adjacent to an activating group) is 1. The molecule has 0 aliphatic heterocycles. The van der Waals surface area contributed by atoms with Crippen LogP contribution in [0.2, 0.25) is 5.02 Å². The molecule has 3 rings (SSSR count). The van der Waals surface area contributed by atoms with Gasteiger partial charge in [0.25, 0.3) is 5.91 Å². The number of fused-ring (bicyclic) bond motifs is 1. The molecule has 10 heteroatoms. The molecule has 1 heterocycles. The van der Waals surface area contributed by atoms with Crippen LogP contribution in [0.15, 0.2) is 72.7 Å². The van der Waals surface area contributed by atoms with Crippen molar-refractivity contribution in [2.45, 2.75) is 4.90 Å². The maximum atomic E-state index is 13.5. The number of thiazole rings is 1. The number of hydrogen-bond donors (Lipinski definition) is 0. The summed E-state index contributed by atoms with van der Waals surface area (Å²) >= 11 is 7.50. The van der Waals surface area contributed by atoms with Crippen molar-refractivity contribution in [3.05, 3.63) is 78.4 Å². The zero-order chi connectivity index (χ0) is 24.9. The highest BCUT2D eigenvalue weighted by molar-refractivity contribution is 7.89. The summed E-state index contributed by atoms with van der Waals surface area (Å²) in [7, 11) is 0.112. The molecule has 0 radical (unpaired) electrons. The third-order valence-corrected chi connectivity index (χ3v) is 8.11. The molecule has 0 saturated heterocycles. The second kappa shape index (κ2) is 11.2. The van der Waals surface area contributed by atoms with Crippen LogP contribution in [0.1, 0.15) is 10.4 Å². The van der Waals surface area contributed by atoms with E-state index in [0.717, 1.165) is 10.2 Å². The third kappa shape index (κ3) is 5.92. The molecule has 0 bridgehead atoms. The van der Waals surface area contributed by atoms with Crippen molar-refractivity contribution in [2.75, 3.05) is 45.2 Å². The average molecular weight is 519 g/mol. The molecule has 0 aliphatic carbocycles. The molecule has 34 heavy (non-hydrogen) atoms. The Kier molecular flexibility index (Phi) is 8.62. The van der Waals surface area contributed by atoms with Crippen molar-refractivity contribution in [3.8, 4) is 0 Å². The first kappa shape index (κ1) is 26.1. The van der Waals surface area contributed by atoms with Gasteiger partial charge in [0, 0.05) is 36.8 Å². The topological polar surface area (TPSA) is 73.8 Å². The van der Waals surface area contributed by atoms with Gasteiger partial charge < -0.3 is 4.90 Å². The van der Waals surface area contributed by atoms with Crippen LogP contribution in [0.3, 0.4) is 0 Å². The minimum absolute atomic E-state index is 0.0993. The fourth-order valence-corrected chi connectivity index (χ4v) is 5.87. The van der Waals surface area contributed by atoms with Gasteiger partial charge in [0.2, 0.25) is 10.0 Å². The van der Waals surface area contributed by atoms with E-state index in [1.165, 1.54) is 52.1 Å². The van der Waals surface area contributed by atoms with E-state index in [4.69, 9.17) is 11.6 Å². The van der Waals surface area contributed by atoms with Gasteiger partial charge in [-0.2, -0.15) is 4.31 Å². The summed E-state index contributed by atoms with van der Waals surface area (Å²) in [5, 5.41) is 1.16. The van der Waals surface area contributed by atoms with Crippen LogP contribution in [0.4, 0.5) is 5.13 Å². The lowest BCUT2D eigenvalue weighted by molar-refractivity contribution is 0.0985. The molecular weight excluding hydrogens is 492 g/mol. The molecule has 0 saturated carbocycles. The Labute approximate surface area is 209 Å². The van der Waals surface area contributed by atoms with Crippen molar-refractivity contribution in [2.24, 2.45) is 0 Å². The number of amides is 1. The van der Waals surface area contributed by atoms with E-state index >= 15 is 0 Å². The van der Waals surface area contributed by atoms with Gasteiger partial charge in [-0.05, 0) is 56.6 Å². The van der Waals surface area contributed by atoms with Crippen LogP contribution >= 0.6 is 22.9 Å². The van der Waals surface area contributed by atoms with Gasteiger partial charge in [-0.3, -0.25) is 9.69 Å². The van der Waals surface area contributed by atoms with E-state index in [-0.39, 0.29) is 23.9 Å². The van der Waals surface area contributed by atoms with Gasteiger partial charge >= 0.3 is 0 Å². The van der Waals surface area contributed by atoms with Gasteiger partial charge in [0.1, 0.15) is 0 Å². The first-order valence-corrected chi connectivity index (χ1v) is 13.2. The normalized spacial score (nSPS) is 11.8. The molecular formula is C24H27ClN4O3S2. The number of hydrogen-bond acceptors (Lipinski definition) is 6. The summed E-state index contributed by atoms with van der Waals surface area (Å²) in [5.74, 6) is -0.259. The van der Waals surface area contributed by atoms with Gasteiger partial charge in [-0.25, -0.2) is 13.4 Å². The lowest BCUT2D eigenvalue weighted by atomic mass is 10.2. The van der Waals surface area contributed by atoms with Gasteiger partial charge in [-0.15, -0.1) is 13.2 Å². The molecule has 0 spiro atoms. The fourth-order valence-electron chi connectivity index (χ4n) is 3.22. The summed E-state index contributed by atoms with van der Waals surface area (Å²) in [6.07, 6.45) is 3.04. The number of halogens is 1. The van der Waals surface area contributed by atoms with Crippen LogP contribution in [0.25, 0.3) is 10.2 Å². The molecule has 0 N–H and O–H groups in total. The highest BCUT2D eigenvalue weighted by Gasteiger charge is 2.25. The number of nitrogens with zero attached hydrogens (tertiary/aromatic N) is 4. The van der Waals surface area contributed by atoms with Crippen molar-refractivity contribution in [1.82, 2.24) is 14.2 Å². The smallest absolute Gasteiger partial charge is 0.260 e. The number of benzene rings is 2. The van der Waals surface area contributed by atoms with Crippen LogP contribution in [0.5, 0.6) is 0 Å². The van der Waals surface area contributed by atoms with Crippen LogP contribution in [0, 0.1) is 0 Å². The molecule has 3 aromatic rings. The standard InChI is InChI=1S/C24H27ClN4O3S2/c1-5-13-28(14-6-2)34(31,32)20-10-7-18(8-11-20)23(30)29(16-15-27(3)4)24-26-21-12-9-19(25)17-22(21)33-24/h5-12,17H,1-2,13-16H2,3-4H3. The molecule has 7 nitrogen and oxygen atoms in total. The van der Waals surface area contributed by atoms with E-state index in [9.17, 15) is 13.2 Å². The van der Waals surface area contributed by atoms with E-state index in [0.29, 0.717) is 28.8 Å². The Hall–Kier alpha value is -2.56. The third-order valence-electron chi connectivity index (χ3n) is 4.99. The number of carbonyl (C=O) groups is 1. The SMILES string of the molecule is C=CCN(CC=C)S(=O)(=O)c1ccc(C(=O)N(CCN(C)C)c2nc3ccc(Cl)cc3s2)cc1. The monoisotopic (exact) mass is 518 g/mol. The Morgan fingerprint density at radius 2 is 1.71 bits per heavy atom. The van der Waals surface area contributed by atoms with Gasteiger partial charge in [0.05, 0.1) is 15.1 Å². The molecule has 180 valence electrons. The number of sulfonamides is 1. The van der Waals surface area contributed by atoms with Crippen molar-refractivity contribution in [1.29, 1.82) is 0 Å². The highest BCUT2D eigenvalue weighted by Crippen LogP contribution is 2.31. The Morgan fingerprint density at radius 1 is 1.06 bits per heavy atom. The van der Waals surface area contributed by atoms with Crippen molar-refractivity contribution in [3.63, 3.8) is 0 Å². The largest absolute Gasteiger partial charge is 0.308 e. The summed E-state index contributed by atoms with van der Waals surface area (Å²) in [4.78, 5) is 21.8. The van der Waals surface area contributed by atoms with Crippen LogP contribution < -0.4 is 4.90 Å². The summed E-state index contributed by atoms with van der Waals surface area (Å²) in [6.45, 7) is 8.62. The second-order valence-corrected chi connectivity index (χ2v) is 11.2. The zero-order valence-corrected chi connectivity index (χ0v) is 21.5. The van der Waals surface area contributed by atoms with Gasteiger partial charge in [0.15, 0.2) is 5.13 Å². The summed E-state index contributed by atoms with van der Waals surface area (Å²) in [6, 6.07) is 11.4. The van der Waals surface area contributed by atoms with Crippen molar-refractivity contribution >= 4 is 54.2 Å². The Morgan fingerprint density at radius 3 is 2.29 bits per heavy atom. The van der Waals surface area contributed by atoms with E-state index < -0.39 is 10.0 Å². The minimum Gasteiger partial charge on any atom is -0.308 e. The van der Waals surface area contributed by atoms with E-state index in [1.54, 1.807) is 11.0 Å². The maximum absolute atomic E-state index is 13.5. The molecule has 0 atom stereocenters.